The maximum atomic E-state index is 12.7. The summed E-state index contributed by atoms with van der Waals surface area (Å²) in [6.45, 7) is 14.5. The van der Waals surface area contributed by atoms with Crippen LogP contribution in [0.1, 0.15) is 61.3 Å². The van der Waals surface area contributed by atoms with Gasteiger partial charge in [0.2, 0.25) is 0 Å². The van der Waals surface area contributed by atoms with Crippen molar-refractivity contribution in [2.75, 3.05) is 6.61 Å². The molecule has 0 saturated carbocycles. The minimum absolute atomic E-state index is 0.207. The molecule has 0 radical (unpaired) electrons. The minimum Gasteiger partial charge on any atom is -0.306 e. The van der Waals surface area contributed by atoms with Crippen molar-refractivity contribution in [3.8, 4) is 0 Å². The zero-order valence-electron chi connectivity index (χ0n) is 12.4. The lowest BCUT2D eigenvalue weighted by atomic mass is 10.0. The molecule has 5 heteroatoms. The van der Waals surface area contributed by atoms with Crippen LogP contribution in [0.25, 0.3) is 0 Å². The summed E-state index contributed by atoms with van der Waals surface area (Å²) in [5.41, 5.74) is -0.414. The second-order valence-electron chi connectivity index (χ2n) is 5.67. The quantitative estimate of drug-likeness (QED) is 0.656. The molecule has 4 nitrogen and oxygen atoms in total. The topological polar surface area (TPSA) is 50.4 Å². The Hall–Kier alpha value is 0.110. The summed E-state index contributed by atoms with van der Waals surface area (Å²) in [6.07, 6.45) is 1.77. The Morgan fingerprint density at radius 2 is 1.29 bits per heavy atom. The average Bonchev–Trinajstić information content (AvgIpc) is 2.16. The Morgan fingerprint density at radius 1 is 0.941 bits per heavy atom. The molecule has 0 aliphatic carbocycles. The highest BCUT2D eigenvalue weighted by Gasteiger charge is 2.34. The molecule has 0 amide bonds. The van der Waals surface area contributed by atoms with Gasteiger partial charge < -0.3 is 4.52 Å². The summed E-state index contributed by atoms with van der Waals surface area (Å²) in [6, 6.07) is 0. The Labute approximate surface area is 106 Å². The summed E-state index contributed by atoms with van der Waals surface area (Å²) in [7, 11) is -3.00. The molecule has 0 unspecified atom stereocenters. The smallest absolute Gasteiger partial charge is 0.306 e. The van der Waals surface area contributed by atoms with Gasteiger partial charge in [-0.3, -0.25) is 4.57 Å². The summed E-state index contributed by atoms with van der Waals surface area (Å²) in [5.74, 6) is 0. The van der Waals surface area contributed by atoms with Crippen molar-refractivity contribution in [1.82, 2.24) is 10.2 Å². The second-order valence-corrected chi connectivity index (χ2v) is 7.48. The maximum absolute atomic E-state index is 12.7. The van der Waals surface area contributed by atoms with Gasteiger partial charge in [0.05, 0.1) is 6.61 Å². The molecule has 0 aliphatic rings. The van der Waals surface area contributed by atoms with Gasteiger partial charge in [-0.2, -0.15) is 0 Å². The zero-order chi connectivity index (χ0) is 13.7. The minimum atomic E-state index is -3.00. The van der Waals surface area contributed by atoms with Crippen molar-refractivity contribution in [2.24, 2.45) is 0 Å². The molecule has 0 aromatic heterocycles. The van der Waals surface area contributed by atoms with Crippen LogP contribution in [0, 0.1) is 0 Å². The van der Waals surface area contributed by atoms with Crippen LogP contribution in [-0.4, -0.2) is 17.7 Å². The van der Waals surface area contributed by atoms with E-state index in [1.54, 1.807) is 0 Å². The van der Waals surface area contributed by atoms with E-state index in [1.807, 2.05) is 34.6 Å². The van der Waals surface area contributed by atoms with E-state index in [9.17, 15) is 4.57 Å². The summed E-state index contributed by atoms with van der Waals surface area (Å²) < 4.78 is 18.2. The molecule has 17 heavy (non-hydrogen) atoms. The van der Waals surface area contributed by atoms with Gasteiger partial charge >= 0.3 is 7.67 Å². The fourth-order valence-electron chi connectivity index (χ4n) is 1.23. The largest absolute Gasteiger partial charge is 0.341 e. The van der Waals surface area contributed by atoms with Crippen LogP contribution in [0.2, 0.25) is 0 Å². The van der Waals surface area contributed by atoms with E-state index in [4.69, 9.17) is 4.52 Å². The van der Waals surface area contributed by atoms with E-state index in [-0.39, 0.29) is 11.1 Å². The normalized spacial score (nSPS) is 14.1. The van der Waals surface area contributed by atoms with E-state index in [0.29, 0.717) is 6.61 Å². The van der Waals surface area contributed by atoms with Crippen LogP contribution in [0.15, 0.2) is 0 Å². The van der Waals surface area contributed by atoms with E-state index < -0.39 is 7.67 Å². The highest BCUT2D eigenvalue weighted by atomic mass is 31.2. The van der Waals surface area contributed by atoms with Gasteiger partial charge in [-0.15, -0.1) is 0 Å². The molecule has 0 aliphatic heterocycles. The van der Waals surface area contributed by atoms with Crippen molar-refractivity contribution in [1.29, 1.82) is 0 Å². The number of rotatable bonds is 8. The van der Waals surface area contributed by atoms with E-state index in [0.717, 1.165) is 12.8 Å². The lowest BCUT2D eigenvalue weighted by molar-refractivity contribution is 0.279. The van der Waals surface area contributed by atoms with Crippen molar-refractivity contribution in [2.45, 2.75) is 72.4 Å². The van der Waals surface area contributed by atoms with E-state index >= 15 is 0 Å². The maximum Gasteiger partial charge on any atom is 0.341 e. The molecule has 0 spiro atoms. The SMILES string of the molecule is CCOP(=O)(NC(C)(C)CC)NC(C)(C)CC. The second kappa shape index (κ2) is 6.33. The van der Waals surface area contributed by atoms with Gasteiger partial charge in [0.1, 0.15) is 0 Å². The molecule has 2 N–H and O–H groups in total. The first-order valence-electron chi connectivity index (χ1n) is 6.43. The zero-order valence-corrected chi connectivity index (χ0v) is 13.3. The average molecular weight is 264 g/mol. The molecule has 104 valence electrons. The van der Waals surface area contributed by atoms with Crippen molar-refractivity contribution < 1.29 is 9.09 Å². The van der Waals surface area contributed by atoms with Crippen LogP contribution in [0.3, 0.4) is 0 Å². The molecule has 0 heterocycles. The summed E-state index contributed by atoms with van der Waals surface area (Å²) >= 11 is 0. The lowest BCUT2D eigenvalue weighted by Gasteiger charge is -2.35. The van der Waals surface area contributed by atoms with Gasteiger partial charge in [0, 0.05) is 11.1 Å². The summed E-state index contributed by atoms with van der Waals surface area (Å²) in [5, 5.41) is 6.27. The molecule has 0 bridgehead atoms. The molecule has 0 atom stereocenters. The van der Waals surface area contributed by atoms with Gasteiger partial charge in [-0.25, -0.2) is 10.2 Å². The highest BCUT2D eigenvalue weighted by molar-refractivity contribution is 7.54. The third-order valence-corrected chi connectivity index (χ3v) is 5.40. The monoisotopic (exact) mass is 264 g/mol. The first kappa shape index (κ1) is 17.1. The Kier molecular flexibility index (Phi) is 6.37. The van der Waals surface area contributed by atoms with Gasteiger partial charge in [-0.1, -0.05) is 13.8 Å². The van der Waals surface area contributed by atoms with Crippen LogP contribution in [0.5, 0.6) is 0 Å². The summed E-state index contributed by atoms with van der Waals surface area (Å²) in [4.78, 5) is 0. The van der Waals surface area contributed by atoms with Crippen molar-refractivity contribution in [3.05, 3.63) is 0 Å². The molecule has 0 fully saturated rings. The van der Waals surface area contributed by atoms with Gasteiger partial charge in [0.25, 0.3) is 0 Å². The third-order valence-electron chi connectivity index (χ3n) is 2.98. The predicted octanol–water partition coefficient (Wildman–Crippen LogP) is 3.69. The number of hydrogen-bond donors (Lipinski definition) is 2. The Balaban J connectivity index is 4.86. The number of hydrogen-bond acceptors (Lipinski definition) is 2. The van der Waals surface area contributed by atoms with Crippen LogP contribution < -0.4 is 10.2 Å². The number of nitrogens with one attached hydrogen (secondary N) is 2. The highest BCUT2D eigenvalue weighted by Crippen LogP contribution is 2.43. The molecule has 0 rings (SSSR count). The molecule has 0 aromatic carbocycles. The van der Waals surface area contributed by atoms with Crippen LogP contribution in [-0.2, 0) is 9.09 Å². The third kappa shape index (κ3) is 6.56. The fraction of sp³-hybridized carbons (Fsp3) is 1.00. The van der Waals surface area contributed by atoms with Crippen LogP contribution >= 0.6 is 7.67 Å². The fourth-order valence-corrected chi connectivity index (χ4v) is 3.69. The standard InChI is InChI=1S/C12H29N2O2P/c1-8-11(4,5)13-17(15,16-10-3)14-12(6,7)9-2/h8-10H2,1-7H3,(H2,13,14,15). The predicted molar refractivity (Wildman–Crippen MR) is 74.2 cm³/mol. The Morgan fingerprint density at radius 3 is 1.53 bits per heavy atom. The molecular formula is C12H29N2O2P. The van der Waals surface area contributed by atoms with Gasteiger partial charge in [-0.05, 0) is 47.5 Å². The molecular weight excluding hydrogens is 235 g/mol. The molecule has 0 aromatic rings. The van der Waals surface area contributed by atoms with E-state index in [1.165, 1.54) is 0 Å². The van der Waals surface area contributed by atoms with Crippen LogP contribution in [0.4, 0.5) is 0 Å². The lowest BCUT2D eigenvalue weighted by Crippen LogP contribution is -2.46. The first-order chi connectivity index (χ1) is 7.60. The van der Waals surface area contributed by atoms with E-state index in [2.05, 4.69) is 24.0 Å². The van der Waals surface area contributed by atoms with Crippen molar-refractivity contribution >= 4 is 7.67 Å². The van der Waals surface area contributed by atoms with Crippen molar-refractivity contribution in [3.63, 3.8) is 0 Å². The first-order valence-corrected chi connectivity index (χ1v) is 8.05. The Bertz CT molecular complexity index is 256. The molecule has 0 saturated heterocycles. The van der Waals surface area contributed by atoms with Gasteiger partial charge in [0.15, 0.2) is 0 Å².